The Balaban J connectivity index is 1.72. The van der Waals surface area contributed by atoms with Crippen molar-refractivity contribution in [2.45, 2.75) is 12.5 Å². The van der Waals surface area contributed by atoms with Crippen molar-refractivity contribution in [1.29, 1.82) is 0 Å². The van der Waals surface area contributed by atoms with E-state index in [-0.39, 0.29) is 17.8 Å². The van der Waals surface area contributed by atoms with Crippen LogP contribution in [0.1, 0.15) is 23.8 Å². The summed E-state index contributed by atoms with van der Waals surface area (Å²) in [7, 11) is 0. The minimum atomic E-state index is -0.211. The molecule has 1 unspecified atom stereocenters. The summed E-state index contributed by atoms with van der Waals surface area (Å²) in [5, 5.41) is 7.00. The molecule has 2 aromatic carbocycles. The topological polar surface area (TPSA) is 45.8 Å². The van der Waals surface area contributed by atoms with Crippen LogP contribution < -0.4 is 0 Å². The van der Waals surface area contributed by atoms with Gasteiger partial charge in [0.15, 0.2) is 5.76 Å². The van der Waals surface area contributed by atoms with E-state index in [1.54, 1.807) is 0 Å². The maximum Gasteiger partial charge on any atom is 0.258 e. The monoisotopic (exact) mass is 338 g/mol. The van der Waals surface area contributed by atoms with Crippen LogP contribution in [0.15, 0.2) is 70.2 Å². The van der Waals surface area contributed by atoms with Gasteiger partial charge in [0.25, 0.3) is 5.91 Å². The van der Waals surface area contributed by atoms with Gasteiger partial charge in [0, 0.05) is 11.8 Å². The van der Waals surface area contributed by atoms with E-state index < -0.39 is 0 Å². The van der Waals surface area contributed by atoms with E-state index in [1.807, 2.05) is 60.7 Å². The van der Waals surface area contributed by atoms with Gasteiger partial charge in [0.2, 0.25) is 0 Å². The van der Waals surface area contributed by atoms with Crippen molar-refractivity contribution >= 4 is 34.2 Å². The molecule has 0 radical (unpaired) electrons. The van der Waals surface area contributed by atoms with Gasteiger partial charge in [-0.25, -0.2) is 5.01 Å². The van der Waals surface area contributed by atoms with Gasteiger partial charge in [-0.15, -0.1) is 11.6 Å². The lowest BCUT2D eigenvalue weighted by atomic mass is 10.0. The number of carbonyl (C=O) groups is 1. The van der Waals surface area contributed by atoms with Crippen LogP contribution >= 0.6 is 11.6 Å². The predicted molar refractivity (Wildman–Crippen MR) is 94.1 cm³/mol. The van der Waals surface area contributed by atoms with E-state index in [0.717, 1.165) is 22.2 Å². The van der Waals surface area contributed by atoms with Crippen LogP contribution in [-0.2, 0) is 4.79 Å². The molecular weight excluding hydrogens is 324 g/mol. The number of halogens is 1. The second-order valence-corrected chi connectivity index (χ2v) is 5.96. The molecule has 5 heteroatoms. The Kier molecular flexibility index (Phi) is 3.82. The lowest BCUT2D eigenvalue weighted by molar-refractivity contribution is -0.130. The molecular formula is C19H15ClN2O2. The van der Waals surface area contributed by atoms with Crippen LogP contribution in [0, 0.1) is 0 Å². The summed E-state index contributed by atoms with van der Waals surface area (Å²) >= 11 is 5.76. The summed E-state index contributed by atoms with van der Waals surface area (Å²) in [5.41, 5.74) is 2.61. The molecule has 4 nitrogen and oxygen atoms in total. The zero-order valence-corrected chi connectivity index (χ0v) is 13.6. The molecule has 0 fully saturated rings. The Morgan fingerprint density at radius 2 is 1.92 bits per heavy atom. The number of amides is 1. The number of para-hydroxylation sites is 1. The van der Waals surface area contributed by atoms with E-state index in [2.05, 4.69) is 5.10 Å². The number of furan rings is 1. The van der Waals surface area contributed by atoms with Crippen molar-refractivity contribution in [3.05, 3.63) is 72.0 Å². The van der Waals surface area contributed by atoms with Crippen LogP contribution in [0.5, 0.6) is 0 Å². The maximum atomic E-state index is 12.2. The van der Waals surface area contributed by atoms with E-state index >= 15 is 0 Å². The second-order valence-electron chi connectivity index (χ2n) is 5.70. The normalized spacial score (nSPS) is 17.3. The second kappa shape index (κ2) is 6.13. The molecule has 3 aromatic rings. The first-order chi connectivity index (χ1) is 11.8. The highest BCUT2D eigenvalue weighted by atomic mass is 35.5. The van der Waals surface area contributed by atoms with Crippen LogP contribution in [0.2, 0.25) is 0 Å². The largest absolute Gasteiger partial charge is 0.455 e. The molecule has 0 spiro atoms. The molecule has 1 aromatic heterocycles. The van der Waals surface area contributed by atoms with E-state index in [1.165, 1.54) is 5.01 Å². The van der Waals surface area contributed by atoms with E-state index in [9.17, 15) is 4.79 Å². The number of hydrogen-bond donors (Lipinski definition) is 0. The van der Waals surface area contributed by atoms with E-state index in [4.69, 9.17) is 16.0 Å². The SMILES string of the molecule is O=C(CCl)N1N=C(c2cc3ccccc3o2)CC1c1ccccc1. The number of rotatable bonds is 3. The first-order valence-corrected chi connectivity index (χ1v) is 8.29. The van der Waals surface area contributed by atoms with Gasteiger partial charge in [0.1, 0.15) is 17.2 Å². The standard InChI is InChI=1S/C19H15ClN2O2/c20-12-19(23)22-16(13-6-2-1-3-7-13)11-15(21-22)18-10-14-8-4-5-9-17(14)24-18/h1-10,16H,11-12H2. The Morgan fingerprint density at radius 3 is 2.67 bits per heavy atom. The lowest BCUT2D eigenvalue weighted by Crippen LogP contribution is -2.27. The molecule has 4 rings (SSSR count). The molecule has 0 saturated heterocycles. The molecule has 0 bridgehead atoms. The molecule has 1 aliphatic rings. The zero-order valence-electron chi connectivity index (χ0n) is 12.9. The van der Waals surface area contributed by atoms with Gasteiger partial charge in [-0.1, -0.05) is 48.5 Å². The number of carbonyl (C=O) groups excluding carboxylic acids is 1. The fourth-order valence-corrected chi connectivity index (χ4v) is 3.13. The van der Waals surface area contributed by atoms with Crippen LogP contribution in [0.3, 0.4) is 0 Å². The Labute approximate surface area is 144 Å². The number of fused-ring (bicyclic) bond motifs is 1. The molecule has 1 aliphatic heterocycles. The molecule has 0 saturated carbocycles. The average Bonchev–Trinajstić information content (AvgIpc) is 3.26. The molecule has 120 valence electrons. The van der Waals surface area contributed by atoms with Crippen molar-refractivity contribution in [3.63, 3.8) is 0 Å². The number of nitrogens with zero attached hydrogens (tertiary/aromatic N) is 2. The minimum absolute atomic E-state index is 0.0970. The first-order valence-electron chi connectivity index (χ1n) is 7.75. The highest BCUT2D eigenvalue weighted by molar-refractivity contribution is 6.27. The maximum absolute atomic E-state index is 12.2. The number of hydrazone groups is 1. The number of benzene rings is 2. The third kappa shape index (κ3) is 2.59. The first kappa shape index (κ1) is 15.0. The highest BCUT2D eigenvalue weighted by Crippen LogP contribution is 2.34. The summed E-state index contributed by atoms with van der Waals surface area (Å²) in [6.45, 7) is 0. The fourth-order valence-electron chi connectivity index (χ4n) is 3.01. The molecule has 0 N–H and O–H groups in total. The summed E-state index contributed by atoms with van der Waals surface area (Å²) in [5.74, 6) is 0.388. The van der Waals surface area contributed by atoms with Gasteiger partial charge in [-0.05, 0) is 17.7 Å². The predicted octanol–water partition coefficient (Wildman–Crippen LogP) is 4.35. The van der Waals surface area contributed by atoms with Crippen molar-refractivity contribution in [3.8, 4) is 0 Å². The Bertz CT molecular complexity index is 884. The third-order valence-corrected chi connectivity index (χ3v) is 4.40. The third-order valence-electron chi connectivity index (χ3n) is 4.17. The lowest BCUT2D eigenvalue weighted by Gasteiger charge is -2.20. The van der Waals surface area contributed by atoms with Crippen molar-refractivity contribution in [2.24, 2.45) is 5.10 Å². The number of alkyl halides is 1. The summed E-state index contributed by atoms with van der Waals surface area (Å²) in [4.78, 5) is 12.2. The van der Waals surface area contributed by atoms with Crippen molar-refractivity contribution < 1.29 is 9.21 Å². The van der Waals surface area contributed by atoms with Crippen LogP contribution in [0.25, 0.3) is 11.0 Å². The van der Waals surface area contributed by atoms with Gasteiger partial charge >= 0.3 is 0 Å². The van der Waals surface area contributed by atoms with Gasteiger partial charge < -0.3 is 4.42 Å². The zero-order chi connectivity index (χ0) is 16.5. The van der Waals surface area contributed by atoms with Gasteiger partial charge in [-0.3, -0.25) is 4.79 Å². The molecule has 0 aliphatic carbocycles. The van der Waals surface area contributed by atoms with Crippen LogP contribution in [0.4, 0.5) is 0 Å². The summed E-state index contributed by atoms with van der Waals surface area (Å²) in [6, 6.07) is 19.5. The summed E-state index contributed by atoms with van der Waals surface area (Å²) < 4.78 is 5.90. The van der Waals surface area contributed by atoms with Crippen LogP contribution in [-0.4, -0.2) is 22.5 Å². The summed E-state index contributed by atoms with van der Waals surface area (Å²) in [6.07, 6.45) is 0.604. The Hall–Kier alpha value is -2.59. The average molecular weight is 339 g/mol. The smallest absolute Gasteiger partial charge is 0.258 e. The van der Waals surface area contributed by atoms with Crippen molar-refractivity contribution in [1.82, 2.24) is 5.01 Å². The van der Waals surface area contributed by atoms with E-state index in [0.29, 0.717) is 12.2 Å². The molecule has 1 amide bonds. The molecule has 2 heterocycles. The van der Waals surface area contributed by atoms with Gasteiger partial charge in [0.05, 0.1) is 6.04 Å². The minimum Gasteiger partial charge on any atom is -0.455 e. The van der Waals surface area contributed by atoms with Gasteiger partial charge in [-0.2, -0.15) is 5.10 Å². The van der Waals surface area contributed by atoms with Crippen molar-refractivity contribution in [2.75, 3.05) is 5.88 Å². The quantitative estimate of drug-likeness (QED) is 0.666. The number of hydrogen-bond acceptors (Lipinski definition) is 3. The molecule has 24 heavy (non-hydrogen) atoms. The highest BCUT2D eigenvalue weighted by Gasteiger charge is 2.33. The molecule has 1 atom stereocenters. The Morgan fingerprint density at radius 1 is 1.17 bits per heavy atom. The fraction of sp³-hybridized carbons (Fsp3) is 0.158.